The Kier molecular flexibility index (Phi) is 7.73. The quantitative estimate of drug-likeness (QED) is 0.532. The summed E-state index contributed by atoms with van der Waals surface area (Å²) in [4.78, 5) is 11.2. The zero-order valence-corrected chi connectivity index (χ0v) is 18.1. The zero-order valence-electron chi connectivity index (χ0n) is 18.1. The average Bonchev–Trinajstić information content (AvgIpc) is 2.79. The lowest BCUT2D eigenvalue weighted by atomic mass is 10.2. The summed E-state index contributed by atoms with van der Waals surface area (Å²) in [5.41, 5.74) is 2.16. The topological polar surface area (TPSA) is 80.2 Å². The fourth-order valence-corrected chi connectivity index (χ4v) is 3.32. The van der Waals surface area contributed by atoms with Gasteiger partial charge in [0.1, 0.15) is 5.82 Å². The second-order valence-electron chi connectivity index (χ2n) is 7.12. The molecule has 1 aliphatic rings. The van der Waals surface area contributed by atoms with Gasteiger partial charge >= 0.3 is 0 Å². The normalized spacial score (nSPS) is 16.9. The third kappa shape index (κ3) is 5.76. The second-order valence-corrected chi connectivity index (χ2v) is 7.12. The van der Waals surface area contributed by atoms with Gasteiger partial charge in [-0.3, -0.25) is 4.99 Å². The van der Waals surface area contributed by atoms with Crippen LogP contribution in [0.2, 0.25) is 0 Å². The highest BCUT2D eigenvalue weighted by Gasteiger charge is 2.17. The molecule has 1 saturated heterocycles. The maximum atomic E-state index is 5.60. The summed E-state index contributed by atoms with van der Waals surface area (Å²) in [6, 6.07) is 10.0. The molecule has 8 heteroatoms. The molecule has 0 saturated carbocycles. The molecule has 0 aliphatic carbocycles. The Morgan fingerprint density at radius 1 is 1.13 bits per heavy atom. The van der Waals surface area contributed by atoms with Crippen LogP contribution in [0.4, 0.5) is 5.82 Å². The molecule has 1 unspecified atom stereocenters. The van der Waals surface area contributed by atoms with Gasteiger partial charge in [-0.25, -0.2) is 4.98 Å². The van der Waals surface area contributed by atoms with E-state index in [0.29, 0.717) is 24.6 Å². The van der Waals surface area contributed by atoms with Crippen molar-refractivity contribution in [3.8, 4) is 11.5 Å². The molecule has 2 heterocycles. The van der Waals surface area contributed by atoms with Crippen LogP contribution in [0.1, 0.15) is 18.1 Å². The van der Waals surface area contributed by atoms with E-state index >= 15 is 0 Å². The van der Waals surface area contributed by atoms with Gasteiger partial charge in [-0.1, -0.05) is 12.1 Å². The summed E-state index contributed by atoms with van der Waals surface area (Å²) < 4.78 is 16.2. The number of nitrogens with one attached hydrogen (secondary N) is 2. The molecule has 0 spiro atoms. The summed E-state index contributed by atoms with van der Waals surface area (Å²) >= 11 is 0. The number of morpholine rings is 1. The van der Waals surface area contributed by atoms with E-state index in [0.717, 1.165) is 42.6 Å². The van der Waals surface area contributed by atoms with Crippen molar-refractivity contribution in [2.75, 3.05) is 45.9 Å². The Morgan fingerprint density at radius 2 is 1.87 bits per heavy atom. The minimum Gasteiger partial charge on any atom is -0.493 e. The number of methoxy groups -OCH3 is 2. The minimum absolute atomic E-state index is 0.238. The molecule has 1 aromatic heterocycles. The van der Waals surface area contributed by atoms with Gasteiger partial charge in [0.25, 0.3) is 0 Å². The van der Waals surface area contributed by atoms with Crippen molar-refractivity contribution in [1.29, 1.82) is 0 Å². The molecule has 3 rings (SSSR count). The van der Waals surface area contributed by atoms with E-state index in [1.54, 1.807) is 21.3 Å². The van der Waals surface area contributed by atoms with Crippen LogP contribution in [0.5, 0.6) is 11.5 Å². The second kappa shape index (κ2) is 10.7. The lowest BCUT2D eigenvalue weighted by molar-refractivity contribution is 0.0529. The number of nitrogens with zero attached hydrogens (tertiary/aromatic N) is 3. The standard InChI is InChI=1S/C22H31N5O3/c1-16-15-27(9-10-30-16)21-8-6-18(13-24-21)14-26-22(23-2)25-12-17-5-7-19(28-3)20(11-17)29-4/h5-8,11,13,16H,9-10,12,14-15H2,1-4H3,(H2,23,25,26). The van der Waals surface area contributed by atoms with E-state index in [2.05, 4.69) is 44.6 Å². The number of aromatic nitrogens is 1. The van der Waals surface area contributed by atoms with Crippen molar-refractivity contribution in [2.24, 2.45) is 4.99 Å². The number of rotatable bonds is 7. The third-order valence-corrected chi connectivity index (χ3v) is 4.97. The first-order valence-corrected chi connectivity index (χ1v) is 10.1. The van der Waals surface area contributed by atoms with Gasteiger partial charge < -0.3 is 29.7 Å². The lowest BCUT2D eigenvalue weighted by Gasteiger charge is -2.32. The molecule has 0 radical (unpaired) electrons. The summed E-state index contributed by atoms with van der Waals surface area (Å²) in [5.74, 6) is 3.13. The van der Waals surface area contributed by atoms with Crippen molar-refractivity contribution in [3.63, 3.8) is 0 Å². The van der Waals surface area contributed by atoms with Crippen LogP contribution in [-0.2, 0) is 17.8 Å². The first-order chi connectivity index (χ1) is 14.6. The molecular formula is C22H31N5O3. The number of pyridine rings is 1. The van der Waals surface area contributed by atoms with E-state index in [9.17, 15) is 0 Å². The Labute approximate surface area is 178 Å². The highest BCUT2D eigenvalue weighted by atomic mass is 16.5. The zero-order chi connectivity index (χ0) is 21.3. The Hall–Kier alpha value is -3.00. The van der Waals surface area contributed by atoms with E-state index < -0.39 is 0 Å². The van der Waals surface area contributed by atoms with Crippen molar-refractivity contribution >= 4 is 11.8 Å². The molecule has 1 fully saturated rings. The third-order valence-electron chi connectivity index (χ3n) is 4.97. The highest BCUT2D eigenvalue weighted by Crippen LogP contribution is 2.27. The first-order valence-electron chi connectivity index (χ1n) is 10.1. The van der Waals surface area contributed by atoms with Crippen LogP contribution in [0.3, 0.4) is 0 Å². The number of aliphatic imine (C=N–C) groups is 1. The number of ether oxygens (including phenoxy) is 3. The number of anilines is 1. The summed E-state index contributed by atoms with van der Waals surface area (Å²) in [7, 11) is 5.02. The lowest BCUT2D eigenvalue weighted by Crippen LogP contribution is -2.41. The van der Waals surface area contributed by atoms with Gasteiger partial charge in [0.15, 0.2) is 17.5 Å². The molecule has 2 aromatic rings. The van der Waals surface area contributed by atoms with Crippen molar-refractivity contribution in [3.05, 3.63) is 47.7 Å². The Morgan fingerprint density at radius 3 is 2.50 bits per heavy atom. The maximum Gasteiger partial charge on any atom is 0.191 e. The van der Waals surface area contributed by atoms with Crippen LogP contribution >= 0.6 is 0 Å². The first kappa shape index (κ1) is 21.7. The molecule has 0 bridgehead atoms. The van der Waals surface area contributed by atoms with Crippen LogP contribution in [0.15, 0.2) is 41.5 Å². The van der Waals surface area contributed by atoms with Crippen molar-refractivity contribution in [1.82, 2.24) is 15.6 Å². The predicted octanol–water partition coefficient (Wildman–Crippen LogP) is 2.19. The molecule has 1 aromatic carbocycles. The van der Waals surface area contributed by atoms with Crippen molar-refractivity contribution in [2.45, 2.75) is 26.1 Å². The Balaban J connectivity index is 1.50. The largest absolute Gasteiger partial charge is 0.493 e. The van der Waals surface area contributed by atoms with Gasteiger partial charge in [0.05, 0.1) is 26.9 Å². The molecular weight excluding hydrogens is 382 g/mol. The fraction of sp³-hybridized carbons (Fsp3) is 0.455. The molecule has 1 aliphatic heterocycles. The van der Waals surface area contributed by atoms with Crippen LogP contribution in [-0.4, -0.2) is 58.0 Å². The van der Waals surface area contributed by atoms with Crippen LogP contribution < -0.4 is 25.0 Å². The van der Waals surface area contributed by atoms with Gasteiger partial charge in [0.2, 0.25) is 0 Å². The predicted molar refractivity (Wildman–Crippen MR) is 118 cm³/mol. The average molecular weight is 414 g/mol. The van der Waals surface area contributed by atoms with Crippen molar-refractivity contribution < 1.29 is 14.2 Å². The van der Waals surface area contributed by atoms with Crippen LogP contribution in [0, 0.1) is 0 Å². The molecule has 30 heavy (non-hydrogen) atoms. The Bertz CT molecular complexity index is 841. The number of hydrogen-bond acceptors (Lipinski definition) is 6. The summed E-state index contributed by atoms with van der Waals surface area (Å²) in [6.07, 6.45) is 2.14. The molecule has 8 nitrogen and oxygen atoms in total. The summed E-state index contributed by atoms with van der Waals surface area (Å²) in [5, 5.41) is 6.64. The smallest absolute Gasteiger partial charge is 0.191 e. The number of hydrogen-bond donors (Lipinski definition) is 2. The molecule has 1 atom stereocenters. The van der Waals surface area contributed by atoms with E-state index in [1.807, 2.05) is 24.4 Å². The van der Waals surface area contributed by atoms with Gasteiger partial charge in [-0.15, -0.1) is 0 Å². The highest BCUT2D eigenvalue weighted by molar-refractivity contribution is 5.79. The van der Waals surface area contributed by atoms with E-state index in [1.165, 1.54) is 0 Å². The van der Waals surface area contributed by atoms with E-state index in [4.69, 9.17) is 14.2 Å². The van der Waals surface area contributed by atoms with Crippen LogP contribution in [0.25, 0.3) is 0 Å². The summed E-state index contributed by atoms with van der Waals surface area (Å²) in [6.45, 7) is 5.84. The maximum absolute atomic E-state index is 5.60. The van der Waals surface area contributed by atoms with Gasteiger partial charge in [-0.2, -0.15) is 0 Å². The molecule has 2 N–H and O–H groups in total. The monoisotopic (exact) mass is 413 g/mol. The van der Waals surface area contributed by atoms with Gasteiger partial charge in [-0.05, 0) is 36.2 Å². The molecule has 162 valence electrons. The number of guanidine groups is 1. The SMILES string of the molecule is CN=C(NCc1ccc(N2CCOC(C)C2)nc1)NCc1ccc(OC)c(OC)c1. The van der Waals surface area contributed by atoms with Gasteiger partial charge in [0, 0.05) is 39.4 Å². The number of benzene rings is 1. The molecule has 0 amide bonds. The minimum atomic E-state index is 0.238. The van der Waals surface area contributed by atoms with E-state index in [-0.39, 0.29) is 6.10 Å². The fourth-order valence-electron chi connectivity index (χ4n) is 3.32.